The fourth-order valence-corrected chi connectivity index (χ4v) is 4.60. The normalized spacial score (nSPS) is 12.2. The quantitative estimate of drug-likeness (QED) is 0.254. The third-order valence-corrected chi connectivity index (χ3v) is 7.13. The van der Waals surface area contributed by atoms with Gasteiger partial charge in [0.2, 0.25) is 0 Å². The molecule has 4 aromatic rings. The molecule has 0 aliphatic rings. The number of carbonyl (C=O) groups is 1. The summed E-state index contributed by atoms with van der Waals surface area (Å²) in [5.74, 6) is -0.0696. The number of pyridine rings is 1. The first-order chi connectivity index (χ1) is 17.6. The third-order valence-electron chi connectivity index (χ3n) is 6.39. The number of aryl methyl sites for hydroxylation is 1. The molecular weight excluding hydrogens is 514 g/mol. The van der Waals surface area contributed by atoms with Crippen molar-refractivity contribution in [2.24, 2.45) is 0 Å². The van der Waals surface area contributed by atoms with Crippen LogP contribution in [0.3, 0.4) is 0 Å². The van der Waals surface area contributed by atoms with Crippen LogP contribution in [0.2, 0.25) is 10.0 Å². The molecule has 2 aromatic carbocycles. The molecule has 2 aromatic heterocycles. The summed E-state index contributed by atoms with van der Waals surface area (Å²) in [4.78, 5) is 22.8. The van der Waals surface area contributed by atoms with Crippen LogP contribution in [0.4, 0.5) is 4.39 Å². The van der Waals surface area contributed by atoms with Crippen molar-refractivity contribution in [2.75, 3.05) is 34.3 Å². The van der Waals surface area contributed by atoms with E-state index in [1.54, 1.807) is 53.7 Å². The minimum absolute atomic E-state index is 0.251. The maximum atomic E-state index is 14.3. The summed E-state index contributed by atoms with van der Waals surface area (Å²) in [6.07, 6.45) is 0. The lowest BCUT2D eigenvalue weighted by Gasteiger charge is -2.31. The zero-order chi connectivity index (χ0) is 26.9. The molecule has 0 saturated heterocycles. The van der Waals surface area contributed by atoms with Gasteiger partial charge in [0, 0.05) is 18.7 Å². The van der Waals surface area contributed by atoms with Crippen LogP contribution in [0.15, 0.2) is 54.6 Å². The van der Waals surface area contributed by atoms with Crippen molar-refractivity contribution in [1.82, 2.24) is 19.2 Å². The van der Waals surface area contributed by atoms with E-state index in [1.165, 1.54) is 6.07 Å². The molecule has 0 radical (unpaired) electrons. The largest absolute Gasteiger partial charge is 0.482 e. The fourth-order valence-electron chi connectivity index (χ4n) is 4.30. The minimum Gasteiger partial charge on any atom is -0.482 e. The first-order valence-electron chi connectivity index (χ1n) is 11.8. The van der Waals surface area contributed by atoms with E-state index in [2.05, 4.69) is 0 Å². The molecule has 0 spiro atoms. The number of nitrogens with zero attached hydrogens (tertiary/aromatic N) is 4. The summed E-state index contributed by atoms with van der Waals surface area (Å²) in [6.45, 7) is 4.72. The highest BCUT2D eigenvalue weighted by Gasteiger charge is 2.30. The molecule has 0 aliphatic heterocycles. The van der Waals surface area contributed by atoms with Gasteiger partial charge in [-0.25, -0.2) is 9.37 Å². The minimum atomic E-state index is -0.322. The number of fused-ring (bicyclic) bond motifs is 1. The van der Waals surface area contributed by atoms with Crippen LogP contribution in [-0.2, 0) is 0 Å². The van der Waals surface area contributed by atoms with Crippen molar-refractivity contribution in [2.45, 2.75) is 19.9 Å². The average Bonchev–Trinajstić information content (AvgIpc) is 3.27. The highest BCUT2D eigenvalue weighted by Crippen LogP contribution is 2.34. The second-order valence-electron chi connectivity index (χ2n) is 9.19. The Hall–Kier alpha value is -3.13. The number of methoxy groups -OCH3 is 1. The molecule has 194 valence electrons. The van der Waals surface area contributed by atoms with Gasteiger partial charge in [0.1, 0.15) is 11.5 Å². The van der Waals surface area contributed by atoms with Gasteiger partial charge in [-0.2, -0.15) is 0 Å². The highest BCUT2D eigenvalue weighted by molar-refractivity contribution is 6.42. The molecule has 37 heavy (non-hydrogen) atoms. The first-order valence-corrected chi connectivity index (χ1v) is 12.6. The molecule has 1 atom stereocenters. The molecule has 1 unspecified atom stereocenters. The lowest BCUT2D eigenvalue weighted by atomic mass is 10.0. The van der Waals surface area contributed by atoms with Crippen molar-refractivity contribution >= 4 is 34.8 Å². The van der Waals surface area contributed by atoms with E-state index >= 15 is 0 Å². The third kappa shape index (κ3) is 5.44. The molecule has 4 rings (SSSR count). The predicted molar refractivity (Wildman–Crippen MR) is 146 cm³/mol. The molecule has 0 fully saturated rings. The second-order valence-corrected chi connectivity index (χ2v) is 10.0. The van der Waals surface area contributed by atoms with Crippen LogP contribution in [0.1, 0.15) is 34.6 Å². The van der Waals surface area contributed by atoms with E-state index in [0.717, 1.165) is 5.56 Å². The standard InChI is InChI=1S/C28H29Cl2FN4O2/c1-17-15-20(10-12-23(17)31)27-26(32-24-7-6-8-25(37-5)35(24)27)28(36)34(14-13-33(3)4)18(2)19-9-11-21(29)22(30)16-19/h6-12,15-16,18H,13-14H2,1-5H3. The van der Waals surface area contributed by atoms with E-state index in [4.69, 9.17) is 32.9 Å². The molecular formula is C28H29Cl2FN4O2. The van der Waals surface area contributed by atoms with Crippen LogP contribution in [0.25, 0.3) is 16.9 Å². The Bertz CT molecular complexity index is 1450. The Kier molecular flexibility index (Phi) is 8.07. The summed E-state index contributed by atoms with van der Waals surface area (Å²) in [7, 11) is 5.47. The van der Waals surface area contributed by atoms with E-state index < -0.39 is 0 Å². The van der Waals surface area contributed by atoms with Gasteiger partial charge in [0.05, 0.1) is 28.9 Å². The number of amides is 1. The maximum Gasteiger partial charge on any atom is 0.275 e. The summed E-state index contributed by atoms with van der Waals surface area (Å²) in [5.41, 5.74) is 3.32. The van der Waals surface area contributed by atoms with Gasteiger partial charge in [0.15, 0.2) is 11.6 Å². The Labute approximate surface area is 226 Å². The van der Waals surface area contributed by atoms with Crippen molar-refractivity contribution in [3.63, 3.8) is 0 Å². The van der Waals surface area contributed by atoms with E-state index in [1.807, 2.05) is 44.1 Å². The van der Waals surface area contributed by atoms with Gasteiger partial charge in [-0.15, -0.1) is 0 Å². The zero-order valence-electron chi connectivity index (χ0n) is 21.4. The summed E-state index contributed by atoms with van der Waals surface area (Å²) in [5, 5.41) is 0.871. The Morgan fingerprint density at radius 2 is 1.84 bits per heavy atom. The summed E-state index contributed by atoms with van der Waals surface area (Å²) >= 11 is 12.4. The highest BCUT2D eigenvalue weighted by atomic mass is 35.5. The molecule has 0 N–H and O–H groups in total. The van der Waals surface area contributed by atoms with E-state index in [9.17, 15) is 9.18 Å². The van der Waals surface area contributed by atoms with Gasteiger partial charge in [-0.3, -0.25) is 9.20 Å². The Morgan fingerprint density at radius 1 is 1.08 bits per heavy atom. The van der Waals surface area contributed by atoms with Crippen molar-refractivity contribution in [3.05, 3.63) is 87.3 Å². The molecule has 1 amide bonds. The number of carbonyl (C=O) groups excluding carboxylic acids is 1. The number of rotatable bonds is 8. The second kappa shape index (κ2) is 11.1. The van der Waals surface area contributed by atoms with Crippen molar-refractivity contribution in [1.29, 1.82) is 0 Å². The smallest absolute Gasteiger partial charge is 0.275 e. The van der Waals surface area contributed by atoms with E-state index in [0.29, 0.717) is 51.5 Å². The number of imidazole rings is 1. The lowest BCUT2D eigenvalue weighted by molar-refractivity contribution is 0.0672. The number of benzene rings is 2. The molecule has 2 heterocycles. The van der Waals surface area contributed by atoms with Gasteiger partial charge < -0.3 is 14.5 Å². The number of likely N-dealkylation sites (N-methyl/N-ethyl adjacent to an activating group) is 1. The van der Waals surface area contributed by atoms with Gasteiger partial charge in [0.25, 0.3) is 5.91 Å². The number of ether oxygens (including phenoxy) is 1. The molecule has 0 bridgehead atoms. The number of hydrogen-bond donors (Lipinski definition) is 0. The van der Waals surface area contributed by atoms with Crippen molar-refractivity contribution < 1.29 is 13.9 Å². The molecule has 0 aliphatic carbocycles. The SMILES string of the molecule is COc1cccc2nc(C(=O)N(CCN(C)C)C(C)c3ccc(Cl)c(Cl)c3)c(-c3ccc(F)c(C)c3)n12. The van der Waals surface area contributed by atoms with Crippen molar-refractivity contribution in [3.8, 4) is 17.1 Å². The number of halogens is 3. The zero-order valence-corrected chi connectivity index (χ0v) is 22.9. The lowest BCUT2D eigenvalue weighted by Crippen LogP contribution is -2.39. The van der Waals surface area contributed by atoms with Crippen LogP contribution in [0.5, 0.6) is 5.88 Å². The average molecular weight is 543 g/mol. The van der Waals surface area contributed by atoms with Crippen LogP contribution in [0, 0.1) is 12.7 Å². The fraction of sp³-hybridized carbons (Fsp3) is 0.286. The number of aromatic nitrogens is 2. The van der Waals surface area contributed by atoms with Crippen LogP contribution < -0.4 is 4.74 Å². The molecule has 9 heteroatoms. The van der Waals surface area contributed by atoms with Gasteiger partial charge in [-0.05, 0) is 81.5 Å². The predicted octanol–water partition coefficient (Wildman–Crippen LogP) is 6.53. The molecule has 0 saturated carbocycles. The van der Waals surface area contributed by atoms with E-state index in [-0.39, 0.29) is 23.5 Å². The summed E-state index contributed by atoms with van der Waals surface area (Å²) in [6, 6.07) is 15.2. The monoisotopic (exact) mass is 542 g/mol. The summed E-state index contributed by atoms with van der Waals surface area (Å²) < 4.78 is 21.6. The van der Waals surface area contributed by atoms with Gasteiger partial charge >= 0.3 is 0 Å². The Morgan fingerprint density at radius 3 is 2.49 bits per heavy atom. The van der Waals surface area contributed by atoms with Crippen LogP contribution >= 0.6 is 23.2 Å². The number of hydrogen-bond acceptors (Lipinski definition) is 4. The molecule has 6 nitrogen and oxygen atoms in total. The first kappa shape index (κ1) is 26.9. The topological polar surface area (TPSA) is 50.1 Å². The van der Waals surface area contributed by atoms with Gasteiger partial charge in [-0.1, -0.05) is 35.3 Å². The van der Waals surface area contributed by atoms with Crippen LogP contribution in [-0.4, -0.2) is 59.4 Å². The maximum absolute atomic E-state index is 14.3. The Balaban J connectivity index is 1.90.